The molecule has 1 heterocycles. The molecule has 76 valence electrons. The Morgan fingerprint density at radius 2 is 2.46 bits per heavy atom. The van der Waals surface area contributed by atoms with Crippen molar-refractivity contribution in [2.24, 2.45) is 0 Å². The fourth-order valence-corrected chi connectivity index (χ4v) is 1.63. The summed E-state index contributed by atoms with van der Waals surface area (Å²) in [5, 5.41) is 2.62. The molecule has 1 amide bonds. The topological polar surface area (TPSA) is 41.6 Å². The number of hydrogen-bond acceptors (Lipinski definition) is 3. The van der Waals surface area contributed by atoms with Gasteiger partial charge in [0, 0.05) is 20.7 Å². The molecular weight excluding hydrogens is 168 g/mol. The second kappa shape index (κ2) is 5.19. The molecule has 0 aromatic carbocycles. The summed E-state index contributed by atoms with van der Waals surface area (Å²) in [5.74, 6) is 0.0803. The standard InChI is InChI=1S/C9H18N2O2/c1-10-9(12)7-11-5-3-4-8(6-11)13-2/h8H,3-7H2,1-2H3,(H,10,12). The van der Waals surface area contributed by atoms with E-state index in [-0.39, 0.29) is 5.91 Å². The number of amides is 1. The van der Waals surface area contributed by atoms with Crippen LogP contribution in [0.25, 0.3) is 0 Å². The molecule has 0 aromatic rings. The highest BCUT2D eigenvalue weighted by Crippen LogP contribution is 2.11. The number of carbonyl (C=O) groups is 1. The lowest BCUT2D eigenvalue weighted by Crippen LogP contribution is -2.44. The van der Waals surface area contributed by atoms with Gasteiger partial charge in [0.15, 0.2) is 0 Å². The second-order valence-electron chi connectivity index (χ2n) is 3.41. The SMILES string of the molecule is CNC(=O)CN1CCCC(OC)C1. The molecule has 0 saturated carbocycles. The first-order valence-electron chi connectivity index (χ1n) is 4.72. The van der Waals surface area contributed by atoms with Crippen LogP contribution in [0.5, 0.6) is 0 Å². The molecule has 13 heavy (non-hydrogen) atoms. The average Bonchev–Trinajstić information content (AvgIpc) is 2.18. The molecule has 1 aliphatic rings. The highest BCUT2D eigenvalue weighted by atomic mass is 16.5. The molecule has 1 rings (SSSR count). The number of nitrogens with one attached hydrogen (secondary N) is 1. The van der Waals surface area contributed by atoms with Crippen LogP contribution in [0.2, 0.25) is 0 Å². The Balaban J connectivity index is 2.29. The summed E-state index contributed by atoms with van der Waals surface area (Å²) in [4.78, 5) is 13.2. The number of likely N-dealkylation sites (tertiary alicyclic amines) is 1. The summed E-state index contributed by atoms with van der Waals surface area (Å²) in [7, 11) is 3.40. The van der Waals surface area contributed by atoms with Crippen molar-refractivity contribution in [3.8, 4) is 0 Å². The Morgan fingerprint density at radius 1 is 1.69 bits per heavy atom. The van der Waals surface area contributed by atoms with Gasteiger partial charge in [-0.3, -0.25) is 9.69 Å². The minimum atomic E-state index is 0.0803. The summed E-state index contributed by atoms with van der Waals surface area (Å²) in [6.07, 6.45) is 2.54. The van der Waals surface area contributed by atoms with Gasteiger partial charge in [0.25, 0.3) is 0 Å². The molecule has 1 aliphatic heterocycles. The van der Waals surface area contributed by atoms with Gasteiger partial charge in [0.1, 0.15) is 0 Å². The summed E-state index contributed by atoms with van der Waals surface area (Å²) in [5.41, 5.74) is 0. The van der Waals surface area contributed by atoms with Gasteiger partial charge in [-0.05, 0) is 19.4 Å². The third-order valence-corrected chi connectivity index (χ3v) is 2.44. The van der Waals surface area contributed by atoms with Crippen LogP contribution in [0.3, 0.4) is 0 Å². The first-order chi connectivity index (χ1) is 6.26. The Kier molecular flexibility index (Phi) is 4.18. The van der Waals surface area contributed by atoms with E-state index in [4.69, 9.17) is 4.74 Å². The summed E-state index contributed by atoms with van der Waals surface area (Å²) < 4.78 is 5.26. The van der Waals surface area contributed by atoms with Crippen LogP contribution in [0.15, 0.2) is 0 Å². The number of hydrogen-bond donors (Lipinski definition) is 1. The maximum Gasteiger partial charge on any atom is 0.233 e. The quantitative estimate of drug-likeness (QED) is 0.666. The van der Waals surface area contributed by atoms with Gasteiger partial charge in [-0.25, -0.2) is 0 Å². The van der Waals surface area contributed by atoms with E-state index in [1.165, 1.54) is 0 Å². The smallest absolute Gasteiger partial charge is 0.233 e. The van der Waals surface area contributed by atoms with Crippen LogP contribution in [0, 0.1) is 0 Å². The average molecular weight is 186 g/mol. The summed E-state index contributed by atoms with van der Waals surface area (Å²) in [6.45, 7) is 2.38. The van der Waals surface area contributed by atoms with Gasteiger partial charge in [0.05, 0.1) is 12.6 Å². The fraction of sp³-hybridized carbons (Fsp3) is 0.889. The zero-order valence-corrected chi connectivity index (χ0v) is 8.38. The van der Waals surface area contributed by atoms with E-state index >= 15 is 0 Å². The lowest BCUT2D eigenvalue weighted by Gasteiger charge is -2.31. The van der Waals surface area contributed by atoms with Crippen molar-refractivity contribution in [2.45, 2.75) is 18.9 Å². The number of carbonyl (C=O) groups excluding carboxylic acids is 1. The van der Waals surface area contributed by atoms with Crippen LogP contribution in [0.4, 0.5) is 0 Å². The number of ether oxygens (including phenoxy) is 1. The number of rotatable bonds is 3. The van der Waals surface area contributed by atoms with E-state index in [2.05, 4.69) is 10.2 Å². The normalized spacial score (nSPS) is 24.3. The van der Waals surface area contributed by atoms with Crippen LogP contribution >= 0.6 is 0 Å². The highest BCUT2D eigenvalue weighted by Gasteiger charge is 2.20. The number of piperidine rings is 1. The lowest BCUT2D eigenvalue weighted by molar-refractivity contribution is -0.122. The molecule has 4 nitrogen and oxygen atoms in total. The van der Waals surface area contributed by atoms with Crippen LogP contribution < -0.4 is 5.32 Å². The van der Waals surface area contributed by atoms with E-state index in [0.29, 0.717) is 12.6 Å². The van der Waals surface area contributed by atoms with E-state index in [0.717, 1.165) is 25.9 Å². The minimum Gasteiger partial charge on any atom is -0.380 e. The van der Waals surface area contributed by atoms with Crippen molar-refractivity contribution in [1.82, 2.24) is 10.2 Å². The summed E-state index contributed by atoms with van der Waals surface area (Å²) in [6, 6.07) is 0. The zero-order chi connectivity index (χ0) is 9.68. The van der Waals surface area contributed by atoms with Gasteiger partial charge in [-0.15, -0.1) is 0 Å². The highest BCUT2D eigenvalue weighted by molar-refractivity contribution is 5.77. The molecule has 0 spiro atoms. The second-order valence-corrected chi connectivity index (χ2v) is 3.41. The molecule has 0 aromatic heterocycles. The van der Waals surface area contributed by atoms with Crippen molar-refractivity contribution in [2.75, 3.05) is 33.8 Å². The molecule has 1 atom stereocenters. The maximum atomic E-state index is 11.1. The molecule has 0 bridgehead atoms. The van der Waals surface area contributed by atoms with Crippen molar-refractivity contribution in [1.29, 1.82) is 0 Å². The number of likely N-dealkylation sites (N-methyl/N-ethyl adjacent to an activating group) is 1. The van der Waals surface area contributed by atoms with E-state index in [1.54, 1.807) is 14.2 Å². The fourth-order valence-electron chi connectivity index (χ4n) is 1.63. The van der Waals surface area contributed by atoms with Gasteiger partial charge in [-0.2, -0.15) is 0 Å². The molecule has 1 N–H and O–H groups in total. The molecule has 1 unspecified atom stereocenters. The lowest BCUT2D eigenvalue weighted by atomic mass is 10.1. The van der Waals surface area contributed by atoms with Crippen molar-refractivity contribution in [3.63, 3.8) is 0 Å². The van der Waals surface area contributed by atoms with E-state index < -0.39 is 0 Å². The van der Waals surface area contributed by atoms with Crippen molar-refractivity contribution < 1.29 is 9.53 Å². The monoisotopic (exact) mass is 186 g/mol. The largest absolute Gasteiger partial charge is 0.380 e. The van der Waals surface area contributed by atoms with Gasteiger partial charge in [0.2, 0.25) is 5.91 Å². The van der Waals surface area contributed by atoms with Crippen LogP contribution in [0.1, 0.15) is 12.8 Å². The summed E-state index contributed by atoms with van der Waals surface area (Å²) >= 11 is 0. The Labute approximate surface area is 79.2 Å². The van der Waals surface area contributed by atoms with Crippen molar-refractivity contribution in [3.05, 3.63) is 0 Å². The van der Waals surface area contributed by atoms with E-state index in [1.807, 2.05) is 0 Å². The molecule has 1 saturated heterocycles. The predicted octanol–water partition coefficient (Wildman–Crippen LogP) is -0.157. The van der Waals surface area contributed by atoms with Gasteiger partial charge in [-0.1, -0.05) is 0 Å². The first kappa shape index (κ1) is 10.5. The van der Waals surface area contributed by atoms with Crippen LogP contribution in [-0.2, 0) is 9.53 Å². The first-order valence-corrected chi connectivity index (χ1v) is 4.72. The minimum absolute atomic E-state index is 0.0803. The molecular formula is C9H18N2O2. The maximum absolute atomic E-state index is 11.1. The number of methoxy groups -OCH3 is 1. The van der Waals surface area contributed by atoms with Crippen molar-refractivity contribution >= 4 is 5.91 Å². The van der Waals surface area contributed by atoms with Crippen LogP contribution in [-0.4, -0.2) is 50.7 Å². The third kappa shape index (κ3) is 3.32. The molecule has 1 fully saturated rings. The Bertz CT molecular complexity index is 173. The van der Waals surface area contributed by atoms with Gasteiger partial charge >= 0.3 is 0 Å². The molecule has 0 aliphatic carbocycles. The van der Waals surface area contributed by atoms with Gasteiger partial charge < -0.3 is 10.1 Å². The molecule has 0 radical (unpaired) electrons. The number of nitrogens with zero attached hydrogens (tertiary/aromatic N) is 1. The third-order valence-electron chi connectivity index (χ3n) is 2.44. The zero-order valence-electron chi connectivity index (χ0n) is 8.38. The molecule has 4 heteroatoms. The van der Waals surface area contributed by atoms with E-state index in [9.17, 15) is 4.79 Å². The Morgan fingerprint density at radius 3 is 3.08 bits per heavy atom. The predicted molar refractivity (Wildman–Crippen MR) is 50.5 cm³/mol. The Hall–Kier alpha value is -0.610.